The molecule has 0 bridgehead atoms. The van der Waals surface area contributed by atoms with Crippen LogP contribution in [-0.2, 0) is 0 Å². The fourth-order valence-corrected chi connectivity index (χ4v) is 1.75. The normalized spacial score (nSPS) is 10.4. The van der Waals surface area contributed by atoms with Crippen LogP contribution in [0.5, 0.6) is 0 Å². The second-order valence-corrected chi connectivity index (χ2v) is 3.96. The van der Waals surface area contributed by atoms with E-state index in [1.54, 1.807) is 13.0 Å². The molecule has 0 heterocycles. The number of hydrogen-bond donors (Lipinski definition) is 1. The third-order valence-electron chi connectivity index (χ3n) is 2.71. The van der Waals surface area contributed by atoms with Crippen molar-refractivity contribution in [3.05, 3.63) is 59.2 Å². The van der Waals surface area contributed by atoms with E-state index >= 15 is 0 Å². The van der Waals surface area contributed by atoms with Crippen molar-refractivity contribution in [1.82, 2.24) is 0 Å². The molecule has 0 saturated heterocycles. The van der Waals surface area contributed by atoms with Gasteiger partial charge in [0.05, 0.1) is 5.56 Å². The predicted octanol–water partition coefficient (Wildman–Crippen LogP) is 3.64. The molecule has 0 radical (unpaired) electrons. The first kappa shape index (κ1) is 12.2. The molecule has 0 aromatic heterocycles. The largest absolute Gasteiger partial charge is 0.478 e. The van der Waals surface area contributed by atoms with Crippen LogP contribution in [0, 0.1) is 18.6 Å². The summed E-state index contributed by atoms with van der Waals surface area (Å²) in [5.41, 5.74) is 1.20. The Labute approximate surface area is 103 Å². The standard InChI is InChI=1S/C14H10F2O2/c1-8-2-4-10(15)7-12(8)11-5-3-9(14(17)18)6-13(11)16/h2-7H,1H3,(H,17,18). The molecule has 1 N–H and O–H groups in total. The molecule has 0 aliphatic heterocycles. The van der Waals surface area contributed by atoms with Crippen molar-refractivity contribution in [2.24, 2.45) is 0 Å². The highest BCUT2D eigenvalue weighted by atomic mass is 19.1. The lowest BCUT2D eigenvalue weighted by molar-refractivity contribution is 0.0696. The zero-order chi connectivity index (χ0) is 13.3. The summed E-state index contributed by atoms with van der Waals surface area (Å²) in [5, 5.41) is 8.74. The van der Waals surface area contributed by atoms with Gasteiger partial charge in [0.25, 0.3) is 0 Å². The van der Waals surface area contributed by atoms with Crippen molar-refractivity contribution >= 4 is 5.97 Å². The van der Waals surface area contributed by atoms with Gasteiger partial charge in [-0.05, 0) is 42.3 Å². The molecule has 2 aromatic carbocycles. The average Bonchev–Trinajstić information content (AvgIpc) is 2.32. The molecule has 0 aliphatic rings. The van der Waals surface area contributed by atoms with Crippen LogP contribution in [0.4, 0.5) is 8.78 Å². The summed E-state index contributed by atoms with van der Waals surface area (Å²) in [6.07, 6.45) is 0. The van der Waals surface area contributed by atoms with Crippen LogP contribution in [0.25, 0.3) is 11.1 Å². The maximum Gasteiger partial charge on any atom is 0.335 e. The molecule has 2 aromatic rings. The van der Waals surface area contributed by atoms with E-state index in [9.17, 15) is 13.6 Å². The Hall–Kier alpha value is -2.23. The zero-order valence-electron chi connectivity index (χ0n) is 9.58. The summed E-state index contributed by atoms with van der Waals surface area (Å²) in [6.45, 7) is 1.74. The van der Waals surface area contributed by atoms with Crippen molar-refractivity contribution in [3.8, 4) is 11.1 Å². The first-order valence-electron chi connectivity index (χ1n) is 5.28. The van der Waals surface area contributed by atoms with Gasteiger partial charge in [-0.3, -0.25) is 0 Å². The molecular formula is C14H10F2O2. The molecule has 0 saturated carbocycles. The van der Waals surface area contributed by atoms with E-state index in [2.05, 4.69) is 0 Å². The van der Waals surface area contributed by atoms with Crippen molar-refractivity contribution < 1.29 is 18.7 Å². The maximum atomic E-state index is 13.8. The number of aromatic carboxylic acids is 1. The second-order valence-electron chi connectivity index (χ2n) is 3.96. The lowest BCUT2D eigenvalue weighted by atomic mass is 9.99. The molecule has 0 amide bonds. The van der Waals surface area contributed by atoms with E-state index in [1.165, 1.54) is 24.3 Å². The number of benzene rings is 2. The van der Waals surface area contributed by atoms with Crippen LogP contribution in [-0.4, -0.2) is 11.1 Å². The highest BCUT2D eigenvalue weighted by Crippen LogP contribution is 2.27. The SMILES string of the molecule is Cc1ccc(F)cc1-c1ccc(C(=O)O)cc1F. The Morgan fingerprint density at radius 2 is 1.78 bits per heavy atom. The number of aryl methyl sites for hydroxylation is 1. The first-order valence-corrected chi connectivity index (χ1v) is 5.28. The molecule has 92 valence electrons. The topological polar surface area (TPSA) is 37.3 Å². The first-order chi connectivity index (χ1) is 8.49. The fraction of sp³-hybridized carbons (Fsp3) is 0.0714. The molecule has 0 spiro atoms. The van der Waals surface area contributed by atoms with Crippen LogP contribution in [0.2, 0.25) is 0 Å². The molecule has 18 heavy (non-hydrogen) atoms. The Morgan fingerprint density at radius 1 is 1.06 bits per heavy atom. The minimum Gasteiger partial charge on any atom is -0.478 e. The van der Waals surface area contributed by atoms with Crippen LogP contribution in [0.15, 0.2) is 36.4 Å². The summed E-state index contributed by atoms with van der Waals surface area (Å²) in [7, 11) is 0. The van der Waals surface area contributed by atoms with Crippen molar-refractivity contribution in [2.45, 2.75) is 6.92 Å². The van der Waals surface area contributed by atoms with Crippen molar-refractivity contribution in [3.63, 3.8) is 0 Å². The summed E-state index contributed by atoms with van der Waals surface area (Å²) in [4.78, 5) is 10.7. The number of halogens is 2. The lowest BCUT2D eigenvalue weighted by Crippen LogP contribution is -1.98. The maximum absolute atomic E-state index is 13.8. The van der Waals surface area contributed by atoms with Gasteiger partial charge in [0.1, 0.15) is 11.6 Å². The van der Waals surface area contributed by atoms with E-state index in [4.69, 9.17) is 5.11 Å². The highest BCUT2D eigenvalue weighted by molar-refractivity contribution is 5.88. The Bertz CT molecular complexity index is 621. The summed E-state index contributed by atoms with van der Waals surface area (Å²) >= 11 is 0. The molecular weight excluding hydrogens is 238 g/mol. The van der Waals surface area contributed by atoms with Gasteiger partial charge in [-0.2, -0.15) is 0 Å². The quantitative estimate of drug-likeness (QED) is 0.880. The van der Waals surface area contributed by atoms with E-state index in [0.29, 0.717) is 5.56 Å². The van der Waals surface area contributed by atoms with Crippen molar-refractivity contribution in [1.29, 1.82) is 0 Å². The summed E-state index contributed by atoms with van der Waals surface area (Å²) < 4.78 is 27.0. The van der Waals surface area contributed by atoms with Gasteiger partial charge in [-0.1, -0.05) is 12.1 Å². The number of carboxylic acids is 1. The van der Waals surface area contributed by atoms with Crippen LogP contribution >= 0.6 is 0 Å². The van der Waals surface area contributed by atoms with Gasteiger partial charge >= 0.3 is 5.97 Å². The minimum atomic E-state index is -1.20. The molecule has 2 nitrogen and oxygen atoms in total. The van der Waals surface area contributed by atoms with Gasteiger partial charge in [-0.15, -0.1) is 0 Å². The van der Waals surface area contributed by atoms with Crippen LogP contribution in [0.3, 0.4) is 0 Å². The van der Waals surface area contributed by atoms with E-state index < -0.39 is 17.6 Å². The number of hydrogen-bond acceptors (Lipinski definition) is 1. The Morgan fingerprint density at radius 3 is 2.39 bits per heavy atom. The van der Waals surface area contributed by atoms with Crippen molar-refractivity contribution in [2.75, 3.05) is 0 Å². The third kappa shape index (κ3) is 2.22. The van der Waals surface area contributed by atoms with E-state index in [-0.39, 0.29) is 11.1 Å². The summed E-state index contributed by atoms with van der Waals surface area (Å²) in [6, 6.07) is 7.65. The highest BCUT2D eigenvalue weighted by Gasteiger charge is 2.12. The lowest BCUT2D eigenvalue weighted by Gasteiger charge is -2.08. The zero-order valence-corrected chi connectivity index (χ0v) is 9.58. The predicted molar refractivity (Wildman–Crippen MR) is 63.5 cm³/mol. The minimum absolute atomic E-state index is 0.134. The average molecular weight is 248 g/mol. The van der Waals surface area contributed by atoms with Crippen LogP contribution in [0.1, 0.15) is 15.9 Å². The van der Waals surface area contributed by atoms with Gasteiger partial charge in [0.15, 0.2) is 0 Å². The monoisotopic (exact) mass is 248 g/mol. The number of carboxylic acid groups (broad SMARTS) is 1. The van der Waals surface area contributed by atoms with Gasteiger partial charge < -0.3 is 5.11 Å². The molecule has 4 heteroatoms. The second kappa shape index (κ2) is 4.56. The molecule has 0 aliphatic carbocycles. The molecule has 2 rings (SSSR count). The summed E-state index contributed by atoms with van der Waals surface area (Å²) in [5.74, 6) is -2.34. The van der Waals surface area contributed by atoms with Gasteiger partial charge in [-0.25, -0.2) is 13.6 Å². The Kier molecular flexibility index (Phi) is 3.10. The fourth-order valence-electron chi connectivity index (χ4n) is 1.75. The van der Waals surface area contributed by atoms with Gasteiger partial charge in [0, 0.05) is 5.56 Å². The smallest absolute Gasteiger partial charge is 0.335 e. The molecule has 0 atom stereocenters. The van der Waals surface area contributed by atoms with E-state index in [1.807, 2.05) is 0 Å². The Balaban J connectivity index is 2.58. The van der Waals surface area contributed by atoms with Crippen LogP contribution < -0.4 is 0 Å². The van der Waals surface area contributed by atoms with Gasteiger partial charge in [0.2, 0.25) is 0 Å². The number of carbonyl (C=O) groups is 1. The molecule has 0 unspecified atom stereocenters. The number of rotatable bonds is 2. The molecule has 0 fully saturated rings. The third-order valence-corrected chi connectivity index (χ3v) is 2.71. The van der Waals surface area contributed by atoms with E-state index in [0.717, 1.165) is 11.6 Å².